The van der Waals surface area contributed by atoms with Gasteiger partial charge in [0.15, 0.2) is 0 Å². The van der Waals surface area contributed by atoms with Gasteiger partial charge in [0.25, 0.3) is 0 Å². The van der Waals surface area contributed by atoms with E-state index >= 15 is 0 Å². The fourth-order valence-electron chi connectivity index (χ4n) is 3.08. The number of hydrogen-bond donors (Lipinski definition) is 0. The summed E-state index contributed by atoms with van der Waals surface area (Å²) in [6.07, 6.45) is 3.73. The Morgan fingerprint density at radius 1 is 1.13 bits per heavy atom. The molecule has 23 heavy (non-hydrogen) atoms. The van der Waals surface area contributed by atoms with E-state index in [-0.39, 0.29) is 18.2 Å². The van der Waals surface area contributed by atoms with Crippen LogP contribution < -0.4 is 4.90 Å². The van der Waals surface area contributed by atoms with Crippen LogP contribution in [-0.4, -0.2) is 53.3 Å². The van der Waals surface area contributed by atoms with Crippen molar-refractivity contribution in [2.75, 3.05) is 31.2 Å². The van der Waals surface area contributed by atoms with Crippen LogP contribution in [0.5, 0.6) is 0 Å². The van der Waals surface area contributed by atoms with Crippen molar-refractivity contribution in [2.45, 2.75) is 18.2 Å². The van der Waals surface area contributed by atoms with Crippen LogP contribution in [0.1, 0.15) is 11.7 Å². The van der Waals surface area contributed by atoms with Crippen LogP contribution in [-0.2, 0) is 9.47 Å². The molecule has 0 unspecified atom stereocenters. The molecule has 2 aromatic rings. The minimum atomic E-state index is 0.0168. The zero-order chi connectivity index (χ0) is 15.6. The van der Waals surface area contributed by atoms with E-state index in [2.05, 4.69) is 21.1 Å². The lowest BCUT2D eigenvalue weighted by atomic mass is 10.3. The van der Waals surface area contributed by atoms with Gasteiger partial charge in [0, 0.05) is 25.5 Å². The first kappa shape index (κ1) is 14.2. The molecule has 0 spiro atoms. The van der Waals surface area contributed by atoms with E-state index in [1.165, 1.54) is 0 Å². The molecule has 2 aliphatic rings. The van der Waals surface area contributed by atoms with Crippen molar-refractivity contribution >= 4 is 5.82 Å². The number of pyridine rings is 1. The van der Waals surface area contributed by atoms with Crippen molar-refractivity contribution < 1.29 is 9.47 Å². The molecule has 0 saturated carbocycles. The van der Waals surface area contributed by atoms with Crippen molar-refractivity contribution in [3.05, 3.63) is 42.4 Å². The quantitative estimate of drug-likeness (QED) is 0.823. The predicted molar refractivity (Wildman–Crippen MR) is 81.9 cm³/mol. The van der Waals surface area contributed by atoms with Crippen molar-refractivity contribution in [3.63, 3.8) is 0 Å². The maximum absolute atomic E-state index is 8.98. The molecule has 118 valence electrons. The van der Waals surface area contributed by atoms with Gasteiger partial charge in [-0.15, -0.1) is 0 Å². The van der Waals surface area contributed by atoms with Crippen LogP contribution in [0.4, 0.5) is 5.82 Å². The fraction of sp³-hybridized carbons (Fsp3) is 0.438. The summed E-state index contributed by atoms with van der Waals surface area (Å²) in [5.74, 6) is 0.799. The number of nitriles is 1. The summed E-state index contributed by atoms with van der Waals surface area (Å²) >= 11 is 0. The molecule has 0 N–H and O–H groups in total. The Kier molecular flexibility index (Phi) is 3.69. The van der Waals surface area contributed by atoms with E-state index in [9.17, 15) is 0 Å². The Hall–Kier alpha value is -2.43. The first-order chi connectivity index (χ1) is 11.3. The smallest absolute Gasteiger partial charge is 0.142 e. The van der Waals surface area contributed by atoms with Crippen LogP contribution >= 0.6 is 0 Å². The lowest BCUT2D eigenvalue weighted by Crippen LogP contribution is -2.27. The number of ether oxygens (including phenoxy) is 2. The number of aromatic nitrogens is 3. The zero-order valence-electron chi connectivity index (χ0n) is 12.6. The molecule has 2 fully saturated rings. The van der Waals surface area contributed by atoms with Crippen molar-refractivity contribution in [1.82, 2.24) is 14.8 Å². The van der Waals surface area contributed by atoms with Crippen molar-refractivity contribution in [2.24, 2.45) is 0 Å². The lowest BCUT2D eigenvalue weighted by molar-refractivity contribution is -0.00461. The molecule has 2 aliphatic heterocycles. The molecule has 0 aromatic carbocycles. The van der Waals surface area contributed by atoms with E-state index in [1.54, 1.807) is 12.3 Å². The third-order valence-electron chi connectivity index (χ3n) is 4.29. The number of rotatable bonds is 2. The van der Waals surface area contributed by atoms with Crippen LogP contribution in [0.15, 0.2) is 36.7 Å². The second kappa shape index (κ2) is 5.99. The summed E-state index contributed by atoms with van der Waals surface area (Å²) in [6, 6.07) is 9.57. The van der Waals surface area contributed by atoms with Gasteiger partial charge in [0.1, 0.15) is 29.8 Å². The van der Waals surface area contributed by atoms with Gasteiger partial charge in [-0.1, -0.05) is 6.07 Å². The number of anilines is 1. The highest BCUT2D eigenvalue weighted by molar-refractivity contribution is 5.43. The van der Waals surface area contributed by atoms with Crippen LogP contribution in [0, 0.1) is 11.3 Å². The van der Waals surface area contributed by atoms with Crippen LogP contribution in [0.2, 0.25) is 0 Å². The third kappa shape index (κ3) is 2.79. The summed E-state index contributed by atoms with van der Waals surface area (Å²) in [4.78, 5) is 6.47. The summed E-state index contributed by atoms with van der Waals surface area (Å²) in [5, 5.41) is 13.2. The average molecular weight is 311 g/mol. The molecule has 4 heterocycles. The second-order valence-electron chi connectivity index (χ2n) is 5.78. The normalized spacial score (nSPS) is 24.9. The monoisotopic (exact) mass is 311 g/mol. The van der Waals surface area contributed by atoms with Gasteiger partial charge in [0.2, 0.25) is 0 Å². The zero-order valence-corrected chi connectivity index (χ0v) is 12.6. The average Bonchev–Trinajstić information content (AvgIpc) is 3.22. The first-order valence-corrected chi connectivity index (χ1v) is 7.68. The van der Waals surface area contributed by atoms with Gasteiger partial charge in [-0.25, -0.2) is 4.98 Å². The number of nitrogens with zero attached hydrogens (tertiary/aromatic N) is 5. The number of hydrogen-bond acceptors (Lipinski definition) is 6. The van der Waals surface area contributed by atoms with Crippen molar-refractivity contribution in [3.8, 4) is 6.07 Å². The van der Waals surface area contributed by atoms with E-state index in [4.69, 9.17) is 14.7 Å². The highest BCUT2D eigenvalue weighted by Gasteiger charge is 2.38. The second-order valence-corrected chi connectivity index (χ2v) is 5.78. The van der Waals surface area contributed by atoms with Crippen molar-refractivity contribution in [1.29, 1.82) is 5.26 Å². The SMILES string of the molecule is N#Cc1cccc(N2C[C@@H]3OCC(n4cccn4)CO[C@H]3C2)n1. The summed E-state index contributed by atoms with van der Waals surface area (Å²) in [6.45, 7) is 2.61. The molecule has 2 atom stereocenters. The number of fused-ring (bicyclic) bond motifs is 1. The minimum absolute atomic E-state index is 0.0168. The van der Waals surface area contributed by atoms with Crippen LogP contribution in [0.25, 0.3) is 0 Å². The summed E-state index contributed by atoms with van der Waals surface area (Å²) in [5.41, 5.74) is 0.426. The Morgan fingerprint density at radius 3 is 2.57 bits per heavy atom. The van der Waals surface area contributed by atoms with E-state index in [0.29, 0.717) is 18.9 Å². The molecule has 0 aliphatic carbocycles. The Balaban J connectivity index is 1.44. The van der Waals surface area contributed by atoms with E-state index in [0.717, 1.165) is 18.9 Å². The Labute approximate surface area is 134 Å². The predicted octanol–water partition coefficient (Wildman–Crippen LogP) is 0.995. The molecule has 7 heteroatoms. The van der Waals surface area contributed by atoms with E-state index in [1.807, 2.05) is 29.1 Å². The Bertz CT molecular complexity index is 696. The van der Waals surface area contributed by atoms with Gasteiger partial charge >= 0.3 is 0 Å². The topological polar surface area (TPSA) is 76.2 Å². The third-order valence-corrected chi connectivity index (χ3v) is 4.29. The molecule has 2 aromatic heterocycles. The molecule has 0 radical (unpaired) electrons. The maximum atomic E-state index is 8.98. The summed E-state index contributed by atoms with van der Waals surface area (Å²) in [7, 11) is 0. The minimum Gasteiger partial charge on any atom is -0.371 e. The van der Waals surface area contributed by atoms with E-state index < -0.39 is 0 Å². The highest BCUT2D eigenvalue weighted by Crippen LogP contribution is 2.26. The molecule has 7 nitrogen and oxygen atoms in total. The van der Waals surface area contributed by atoms with Gasteiger partial charge in [-0.05, 0) is 18.2 Å². The molecular weight excluding hydrogens is 294 g/mol. The van der Waals surface area contributed by atoms with Gasteiger partial charge in [-0.2, -0.15) is 10.4 Å². The first-order valence-electron chi connectivity index (χ1n) is 7.68. The molecule has 2 saturated heterocycles. The molecule has 0 bridgehead atoms. The fourth-order valence-corrected chi connectivity index (χ4v) is 3.08. The standard InChI is InChI=1S/C16H17N5O2/c17-7-12-3-1-4-16(19-12)20-8-14-15(9-20)23-11-13(10-22-14)21-6-2-5-18-21/h1-6,13-15H,8-11H2/t14-,15-/m0/s1. The lowest BCUT2D eigenvalue weighted by Gasteiger charge is -2.19. The van der Waals surface area contributed by atoms with Gasteiger partial charge < -0.3 is 14.4 Å². The van der Waals surface area contributed by atoms with Gasteiger partial charge in [-0.3, -0.25) is 4.68 Å². The highest BCUT2D eigenvalue weighted by atomic mass is 16.6. The van der Waals surface area contributed by atoms with Gasteiger partial charge in [0.05, 0.1) is 19.3 Å². The summed E-state index contributed by atoms with van der Waals surface area (Å²) < 4.78 is 14.0. The Morgan fingerprint density at radius 2 is 1.91 bits per heavy atom. The molecule has 0 amide bonds. The largest absolute Gasteiger partial charge is 0.371 e. The maximum Gasteiger partial charge on any atom is 0.142 e. The molecular formula is C16H17N5O2. The molecule has 4 rings (SSSR count). The van der Waals surface area contributed by atoms with Crippen LogP contribution in [0.3, 0.4) is 0 Å².